The number of methoxy groups -OCH3 is 1. The van der Waals surface area contributed by atoms with Crippen molar-refractivity contribution in [3.8, 4) is 5.88 Å². The lowest BCUT2D eigenvalue weighted by molar-refractivity contribution is -0.0628. The van der Waals surface area contributed by atoms with E-state index in [0.29, 0.717) is 29.0 Å². The van der Waals surface area contributed by atoms with Crippen LogP contribution in [0.1, 0.15) is 78.5 Å². The first kappa shape index (κ1) is 28.7. The number of hydrogen-bond acceptors (Lipinski definition) is 6. The summed E-state index contributed by atoms with van der Waals surface area (Å²) >= 11 is 0. The van der Waals surface area contributed by atoms with Crippen LogP contribution < -0.4 is 15.4 Å². The van der Waals surface area contributed by atoms with Crippen LogP contribution >= 0.6 is 0 Å². The molecule has 0 bridgehead atoms. The van der Waals surface area contributed by atoms with Crippen molar-refractivity contribution in [3.63, 3.8) is 0 Å². The molecule has 1 aliphatic carbocycles. The van der Waals surface area contributed by atoms with Crippen LogP contribution in [0.15, 0.2) is 54.7 Å². The van der Waals surface area contributed by atoms with Gasteiger partial charge >= 0.3 is 0 Å². The van der Waals surface area contributed by atoms with E-state index >= 15 is 0 Å². The van der Waals surface area contributed by atoms with Crippen LogP contribution in [0.4, 0.5) is 5.69 Å². The minimum atomic E-state index is -0.369. The molecular formula is C34H46N6O2. The quantitative estimate of drug-likeness (QED) is 0.413. The Labute approximate surface area is 250 Å². The third kappa shape index (κ3) is 5.66. The van der Waals surface area contributed by atoms with E-state index in [1.54, 1.807) is 7.11 Å². The molecule has 1 spiro atoms. The zero-order valence-corrected chi connectivity index (χ0v) is 25.6. The number of piperidine rings is 1. The van der Waals surface area contributed by atoms with E-state index in [2.05, 4.69) is 64.1 Å². The zero-order valence-electron chi connectivity index (χ0n) is 25.6. The summed E-state index contributed by atoms with van der Waals surface area (Å²) in [5.74, 6) is 0.854. The molecule has 8 heteroatoms. The van der Waals surface area contributed by atoms with Gasteiger partial charge in [0.1, 0.15) is 0 Å². The third-order valence-electron chi connectivity index (χ3n) is 10.1. The Balaban J connectivity index is 1.15. The van der Waals surface area contributed by atoms with Gasteiger partial charge in [-0.1, -0.05) is 38.1 Å². The molecule has 1 unspecified atom stereocenters. The number of carbonyl (C=O) groups is 1. The zero-order chi connectivity index (χ0) is 29.4. The summed E-state index contributed by atoms with van der Waals surface area (Å²) in [7, 11) is 3.67. The van der Waals surface area contributed by atoms with Gasteiger partial charge in [-0.3, -0.25) is 19.3 Å². The molecule has 3 aliphatic rings. The Morgan fingerprint density at radius 3 is 2.43 bits per heavy atom. The van der Waals surface area contributed by atoms with E-state index < -0.39 is 0 Å². The number of rotatable bonds is 8. The van der Waals surface area contributed by atoms with Crippen molar-refractivity contribution in [1.82, 2.24) is 19.6 Å². The summed E-state index contributed by atoms with van der Waals surface area (Å²) in [5.41, 5.74) is 11.8. The fraction of sp³-hybridized carbons (Fsp3) is 0.529. The summed E-state index contributed by atoms with van der Waals surface area (Å²) in [5, 5.41) is 4.49. The molecule has 42 heavy (non-hydrogen) atoms. The van der Waals surface area contributed by atoms with Crippen LogP contribution in [0.5, 0.6) is 5.88 Å². The van der Waals surface area contributed by atoms with Gasteiger partial charge in [-0.25, -0.2) is 0 Å². The van der Waals surface area contributed by atoms with Gasteiger partial charge in [-0.15, -0.1) is 5.10 Å². The molecule has 3 heterocycles. The predicted molar refractivity (Wildman–Crippen MR) is 167 cm³/mol. The third-order valence-corrected chi connectivity index (χ3v) is 10.1. The maximum atomic E-state index is 11.5. The number of hydrogen-bond donors (Lipinski definition) is 1. The number of carbonyl (C=O) groups excluding carboxylic acids is 1. The Hall–Kier alpha value is -3.36. The minimum absolute atomic E-state index is 0.369. The summed E-state index contributed by atoms with van der Waals surface area (Å²) in [6.45, 7) is 10.8. The first-order chi connectivity index (χ1) is 20.2. The predicted octanol–water partition coefficient (Wildman–Crippen LogP) is 4.96. The van der Waals surface area contributed by atoms with Crippen molar-refractivity contribution in [2.24, 2.45) is 18.2 Å². The molecule has 3 aromatic rings. The number of aryl methyl sites for hydroxylation is 1. The van der Waals surface area contributed by atoms with Crippen LogP contribution in [-0.2, 0) is 13.6 Å². The fourth-order valence-electron chi connectivity index (χ4n) is 7.75. The summed E-state index contributed by atoms with van der Waals surface area (Å²) < 4.78 is 7.43. The number of piperazine rings is 1. The highest BCUT2D eigenvalue weighted by Crippen LogP contribution is 2.53. The molecule has 1 amide bonds. The van der Waals surface area contributed by atoms with Gasteiger partial charge in [-0.2, -0.15) is 0 Å². The lowest BCUT2D eigenvalue weighted by Gasteiger charge is -2.58. The summed E-state index contributed by atoms with van der Waals surface area (Å²) in [4.78, 5) is 19.4. The van der Waals surface area contributed by atoms with Crippen LogP contribution in [0.2, 0.25) is 0 Å². The number of nitrogens with zero attached hydrogens (tertiary/aromatic N) is 5. The highest BCUT2D eigenvalue weighted by Gasteiger charge is 2.50. The standard InChI is InChI=1S/C34H46N6O2/c1-24(2)29-7-5-6-8-30(29)31-23-38(22-26-21-37(3)36-33(26)42-4)17-18-40(31)28-19-34(20-28)13-15-39(16-14-34)27-11-9-25(10-12-27)32(35)41/h5-12,21,24,28,31H,13-20,22-23H2,1-4H3,(H2,35,41). The maximum Gasteiger partial charge on any atom is 0.248 e. The van der Waals surface area contributed by atoms with Crippen molar-refractivity contribution < 1.29 is 9.53 Å². The molecule has 2 aromatic carbocycles. The van der Waals surface area contributed by atoms with Crippen molar-refractivity contribution in [1.29, 1.82) is 0 Å². The van der Waals surface area contributed by atoms with E-state index in [-0.39, 0.29) is 5.91 Å². The van der Waals surface area contributed by atoms with Gasteiger partial charge in [0.15, 0.2) is 0 Å². The molecule has 3 fully saturated rings. The van der Waals surface area contributed by atoms with Crippen molar-refractivity contribution in [3.05, 3.63) is 77.0 Å². The van der Waals surface area contributed by atoms with E-state index in [4.69, 9.17) is 10.5 Å². The molecule has 6 rings (SSSR count). The first-order valence-corrected chi connectivity index (χ1v) is 15.5. The molecule has 2 aliphatic heterocycles. The number of nitrogens with two attached hydrogens (primary N) is 1. The van der Waals surface area contributed by atoms with Gasteiger partial charge in [0, 0.05) is 81.4 Å². The average molecular weight is 571 g/mol. The second-order valence-electron chi connectivity index (χ2n) is 13.1. The number of benzene rings is 2. The molecule has 1 atom stereocenters. The number of ether oxygens (including phenoxy) is 1. The van der Waals surface area contributed by atoms with Crippen LogP contribution in [0.25, 0.3) is 0 Å². The Bertz CT molecular complexity index is 1380. The van der Waals surface area contributed by atoms with Crippen molar-refractivity contribution in [2.45, 2.75) is 64.1 Å². The summed E-state index contributed by atoms with van der Waals surface area (Å²) in [6.07, 6.45) is 7.14. The molecule has 0 radical (unpaired) electrons. The largest absolute Gasteiger partial charge is 0.480 e. The molecular weight excluding hydrogens is 524 g/mol. The van der Waals surface area contributed by atoms with Crippen molar-refractivity contribution >= 4 is 11.6 Å². The van der Waals surface area contributed by atoms with Crippen LogP contribution in [0, 0.1) is 5.41 Å². The van der Waals surface area contributed by atoms with Gasteiger partial charge in [0.2, 0.25) is 11.8 Å². The second kappa shape index (κ2) is 11.7. The molecule has 1 aromatic heterocycles. The monoisotopic (exact) mass is 570 g/mol. The van der Waals surface area contributed by atoms with Gasteiger partial charge in [0.05, 0.1) is 7.11 Å². The Morgan fingerprint density at radius 2 is 1.76 bits per heavy atom. The van der Waals surface area contributed by atoms with Gasteiger partial charge in [0.25, 0.3) is 0 Å². The lowest BCUT2D eigenvalue weighted by Crippen LogP contribution is -2.60. The number of anilines is 1. The number of amides is 1. The fourth-order valence-corrected chi connectivity index (χ4v) is 7.75. The highest BCUT2D eigenvalue weighted by atomic mass is 16.5. The van der Waals surface area contributed by atoms with Crippen LogP contribution in [-0.4, -0.2) is 71.4 Å². The van der Waals surface area contributed by atoms with E-state index in [1.165, 1.54) is 42.5 Å². The molecule has 8 nitrogen and oxygen atoms in total. The van der Waals surface area contributed by atoms with Gasteiger partial charge < -0.3 is 15.4 Å². The Kier molecular flexibility index (Phi) is 8.03. The highest BCUT2D eigenvalue weighted by molar-refractivity contribution is 5.93. The van der Waals surface area contributed by atoms with E-state index in [9.17, 15) is 4.79 Å². The lowest BCUT2D eigenvalue weighted by atomic mass is 9.59. The topological polar surface area (TPSA) is 79.9 Å². The molecule has 2 saturated heterocycles. The first-order valence-electron chi connectivity index (χ1n) is 15.5. The molecule has 224 valence electrons. The number of aromatic nitrogens is 2. The van der Waals surface area contributed by atoms with E-state index in [1.807, 2.05) is 36.0 Å². The SMILES string of the molecule is COc1nn(C)cc1CN1CCN(C2CC3(CCN(c4ccc(C(N)=O)cc4)CC3)C2)C(c2ccccc2C(C)C)C1. The minimum Gasteiger partial charge on any atom is -0.480 e. The molecule has 2 N–H and O–H groups in total. The van der Waals surface area contributed by atoms with Crippen molar-refractivity contribution in [2.75, 3.05) is 44.7 Å². The molecule has 1 saturated carbocycles. The van der Waals surface area contributed by atoms with Crippen LogP contribution in [0.3, 0.4) is 0 Å². The normalized spacial score (nSPS) is 21.5. The smallest absolute Gasteiger partial charge is 0.248 e. The Morgan fingerprint density at radius 1 is 1.05 bits per heavy atom. The average Bonchev–Trinajstić information content (AvgIpc) is 3.34. The maximum absolute atomic E-state index is 11.5. The number of primary amides is 1. The van der Waals surface area contributed by atoms with Gasteiger partial charge in [-0.05, 0) is 72.4 Å². The second-order valence-corrected chi connectivity index (χ2v) is 13.1. The van der Waals surface area contributed by atoms with E-state index in [0.717, 1.165) is 50.7 Å². The summed E-state index contributed by atoms with van der Waals surface area (Å²) in [6, 6.07) is 17.9.